The molecule has 1 aliphatic heterocycles. The Hall–Kier alpha value is -0.870. The molecule has 0 bridgehead atoms. The van der Waals surface area contributed by atoms with Crippen molar-refractivity contribution in [2.45, 2.75) is 76.8 Å². The third kappa shape index (κ3) is 2.77. The summed E-state index contributed by atoms with van der Waals surface area (Å²) in [6.07, 6.45) is 1.38. The molecule has 4 atom stereocenters. The van der Waals surface area contributed by atoms with Crippen molar-refractivity contribution in [1.29, 1.82) is 0 Å². The summed E-state index contributed by atoms with van der Waals surface area (Å²) in [5, 5.41) is 11.0. The Kier molecular flexibility index (Phi) is 3.54. The predicted molar refractivity (Wildman–Crippen MR) is 76.2 cm³/mol. The molecule has 4 nitrogen and oxygen atoms in total. The summed E-state index contributed by atoms with van der Waals surface area (Å²) in [7, 11) is 0. The zero-order valence-electron chi connectivity index (χ0n) is 13.2. The van der Waals surface area contributed by atoms with E-state index in [1.54, 1.807) is 0 Å². The molecule has 0 aromatic heterocycles. The van der Waals surface area contributed by atoms with Crippen LogP contribution >= 0.6 is 0 Å². The molecule has 2 fully saturated rings. The van der Waals surface area contributed by atoms with E-state index in [1.807, 2.05) is 34.6 Å². The minimum atomic E-state index is -1.16. The van der Waals surface area contributed by atoms with Crippen LogP contribution in [-0.4, -0.2) is 34.0 Å². The van der Waals surface area contributed by atoms with Crippen LogP contribution in [0, 0.1) is 5.92 Å². The zero-order valence-corrected chi connectivity index (χ0v) is 13.2. The molecule has 4 heteroatoms. The molecule has 2 rings (SSSR count). The number of hydrogen-bond donors (Lipinski definition) is 1. The summed E-state index contributed by atoms with van der Waals surface area (Å²) in [4.78, 5) is 12.1. The molecule has 0 radical (unpaired) electrons. The van der Waals surface area contributed by atoms with E-state index in [1.165, 1.54) is 0 Å². The minimum absolute atomic E-state index is 0.0189. The fraction of sp³-hybridized carbons (Fsp3) is 0.812. The fourth-order valence-corrected chi connectivity index (χ4v) is 3.14. The lowest BCUT2D eigenvalue weighted by Crippen LogP contribution is -2.51. The molecule has 0 amide bonds. The Balaban J connectivity index is 2.11. The van der Waals surface area contributed by atoms with Gasteiger partial charge in [-0.1, -0.05) is 12.2 Å². The van der Waals surface area contributed by atoms with E-state index < -0.39 is 16.8 Å². The fourth-order valence-electron chi connectivity index (χ4n) is 3.14. The number of fused-ring (bicyclic) bond motifs is 1. The molecule has 0 aromatic rings. The van der Waals surface area contributed by atoms with Crippen LogP contribution in [-0.2, 0) is 14.3 Å². The van der Waals surface area contributed by atoms with Gasteiger partial charge in [0.1, 0.15) is 16.8 Å². The maximum absolute atomic E-state index is 12.1. The van der Waals surface area contributed by atoms with Gasteiger partial charge in [-0.15, -0.1) is 0 Å². The predicted octanol–water partition coefficient (Wildman–Crippen LogP) is 2.59. The second kappa shape index (κ2) is 4.57. The Labute approximate surface area is 121 Å². The van der Waals surface area contributed by atoms with Gasteiger partial charge in [0.15, 0.2) is 0 Å². The monoisotopic (exact) mass is 282 g/mol. The van der Waals surface area contributed by atoms with Gasteiger partial charge < -0.3 is 14.6 Å². The van der Waals surface area contributed by atoms with Crippen molar-refractivity contribution < 1.29 is 19.4 Å². The van der Waals surface area contributed by atoms with Crippen molar-refractivity contribution in [3.63, 3.8) is 0 Å². The van der Waals surface area contributed by atoms with Crippen LogP contribution in [0.2, 0.25) is 0 Å². The molecule has 0 spiro atoms. The first-order valence-corrected chi connectivity index (χ1v) is 7.24. The van der Waals surface area contributed by atoms with Crippen molar-refractivity contribution in [2.75, 3.05) is 0 Å². The standard InChI is InChI=1S/C16H26O4/c1-10(2)11-7-12-15(6,19-12)16(18,8-11)9-13(17)20-14(3,4)5/h11-12,18H,1,7-9H2,2-6H3/t11-,12+,15+,16+/m0/s1. The van der Waals surface area contributed by atoms with E-state index >= 15 is 0 Å². The smallest absolute Gasteiger partial charge is 0.309 e. The summed E-state index contributed by atoms with van der Waals surface area (Å²) >= 11 is 0. The molecule has 1 N–H and O–H groups in total. The van der Waals surface area contributed by atoms with E-state index in [9.17, 15) is 9.90 Å². The second-order valence-corrected chi connectivity index (χ2v) is 7.49. The van der Waals surface area contributed by atoms with Gasteiger partial charge in [0.2, 0.25) is 0 Å². The maximum Gasteiger partial charge on any atom is 0.309 e. The summed E-state index contributed by atoms with van der Waals surface area (Å²) in [5.41, 5.74) is -1.29. The van der Waals surface area contributed by atoms with Crippen molar-refractivity contribution >= 4 is 5.97 Å². The molecule has 0 unspecified atom stereocenters. The van der Waals surface area contributed by atoms with Crippen LogP contribution in [0.3, 0.4) is 0 Å². The van der Waals surface area contributed by atoms with Gasteiger partial charge in [0.05, 0.1) is 12.5 Å². The SMILES string of the molecule is C=C(C)[C@H]1C[C@H]2O[C@@]2(C)[C@](O)(CC(=O)OC(C)(C)C)C1. The number of hydrogen-bond acceptors (Lipinski definition) is 4. The van der Waals surface area contributed by atoms with Gasteiger partial charge >= 0.3 is 5.97 Å². The molecule has 1 saturated heterocycles. The molecule has 1 saturated carbocycles. The van der Waals surface area contributed by atoms with Crippen molar-refractivity contribution in [2.24, 2.45) is 5.92 Å². The first-order chi connectivity index (χ1) is 8.97. The lowest BCUT2D eigenvalue weighted by Gasteiger charge is -2.39. The van der Waals surface area contributed by atoms with Crippen LogP contribution in [0.4, 0.5) is 0 Å². The number of carbonyl (C=O) groups excluding carboxylic acids is 1. The molecule has 1 aliphatic carbocycles. The molecule has 2 aliphatic rings. The summed E-state index contributed by atoms with van der Waals surface area (Å²) < 4.78 is 11.0. The second-order valence-electron chi connectivity index (χ2n) is 7.49. The number of allylic oxidation sites excluding steroid dienone is 1. The highest BCUT2D eigenvalue weighted by Gasteiger charge is 2.69. The van der Waals surface area contributed by atoms with Gasteiger partial charge in [-0.3, -0.25) is 4.79 Å². The van der Waals surface area contributed by atoms with Crippen LogP contribution in [0.1, 0.15) is 53.9 Å². The number of ether oxygens (including phenoxy) is 2. The quantitative estimate of drug-likeness (QED) is 0.491. The van der Waals surface area contributed by atoms with Crippen molar-refractivity contribution in [1.82, 2.24) is 0 Å². The van der Waals surface area contributed by atoms with E-state index in [4.69, 9.17) is 9.47 Å². The number of aliphatic hydroxyl groups is 1. The normalized spacial score (nSPS) is 39.9. The van der Waals surface area contributed by atoms with Crippen molar-refractivity contribution in [3.8, 4) is 0 Å². The molecule has 114 valence electrons. The Morgan fingerprint density at radius 1 is 1.50 bits per heavy atom. The lowest BCUT2D eigenvalue weighted by atomic mass is 9.68. The molecular weight excluding hydrogens is 256 g/mol. The van der Waals surface area contributed by atoms with Crippen molar-refractivity contribution in [3.05, 3.63) is 12.2 Å². The number of epoxide rings is 1. The van der Waals surface area contributed by atoms with E-state index in [-0.39, 0.29) is 24.4 Å². The number of carbonyl (C=O) groups is 1. The molecule has 1 heterocycles. The number of esters is 1. The van der Waals surface area contributed by atoms with E-state index in [0.717, 1.165) is 12.0 Å². The third-order valence-corrected chi connectivity index (χ3v) is 4.50. The van der Waals surface area contributed by atoms with Gasteiger partial charge in [0.25, 0.3) is 0 Å². The molecule has 0 aromatic carbocycles. The number of rotatable bonds is 3. The minimum Gasteiger partial charge on any atom is -0.460 e. The summed E-state index contributed by atoms with van der Waals surface area (Å²) in [5.74, 6) is -0.180. The van der Waals surface area contributed by atoms with Crippen LogP contribution in [0.25, 0.3) is 0 Å². The Morgan fingerprint density at radius 2 is 2.10 bits per heavy atom. The van der Waals surface area contributed by atoms with Crippen LogP contribution in [0.15, 0.2) is 12.2 Å². The molecule has 20 heavy (non-hydrogen) atoms. The van der Waals surface area contributed by atoms with E-state index in [0.29, 0.717) is 6.42 Å². The topological polar surface area (TPSA) is 59.1 Å². The highest BCUT2D eigenvalue weighted by molar-refractivity contribution is 5.71. The van der Waals surface area contributed by atoms with Gasteiger partial charge in [-0.05, 0) is 53.4 Å². The Morgan fingerprint density at radius 3 is 2.60 bits per heavy atom. The van der Waals surface area contributed by atoms with Gasteiger partial charge in [0, 0.05) is 0 Å². The first kappa shape index (κ1) is 15.5. The maximum atomic E-state index is 12.1. The van der Waals surface area contributed by atoms with Gasteiger partial charge in [-0.2, -0.15) is 0 Å². The highest BCUT2D eigenvalue weighted by Crippen LogP contribution is 2.57. The van der Waals surface area contributed by atoms with Gasteiger partial charge in [-0.25, -0.2) is 0 Å². The summed E-state index contributed by atoms with van der Waals surface area (Å²) in [6, 6.07) is 0. The van der Waals surface area contributed by atoms with E-state index in [2.05, 4.69) is 6.58 Å². The van der Waals surface area contributed by atoms with Crippen LogP contribution < -0.4 is 0 Å². The average molecular weight is 282 g/mol. The molecular formula is C16H26O4. The Bertz CT molecular complexity index is 436. The highest BCUT2D eigenvalue weighted by atomic mass is 16.6. The lowest BCUT2D eigenvalue weighted by molar-refractivity contribution is -0.164. The summed E-state index contributed by atoms with van der Waals surface area (Å²) in [6.45, 7) is 13.3. The first-order valence-electron chi connectivity index (χ1n) is 7.24. The average Bonchev–Trinajstić information content (AvgIpc) is 2.87. The zero-order chi connectivity index (χ0) is 15.3. The third-order valence-electron chi connectivity index (χ3n) is 4.50. The van der Waals surface area contributed by atoms with Crippen LogP contribution in [0.5, 0.6) is 0 Å². The largest absolute Gasteiger partial charge is 0.460 e.